The molecule has 0 aliphatic heterocycles. The number of halogens is 2. The van der Waals surface area contributed by atoms with Gasteiger partial charge in [-0.05, 0) is 44.0 Å². The lowest BCUT2D eigenvalue weighted by atomic mass is 10.1. The molecule has 2 unspecified atom stereocenters. The second kappa shape index (κ2) is 12.6. The summed E-state index contributed by atoms with van der Waals surface area (Å²) in [6.45, 7) is 5.58. The standard InChI is InChI=1S/C24H30Cl2N2O4/c1-5-16(3)27-24(30)20(6-2)28(14-17-18(25)10-9-11-19(17)26)23(29)15-32-22-13-8-7-12-21(22)31-4/h7-13,16,20H,5-6,14-15H2,1-4H3,(H,27,30). The van der Waals surface area contributed by atoms with E-state index < -0.39 is 6.04 Å². The number of benzene rings is 2. The molecule has 2 rings (SSSR count). The van der Waals surface area contributed by atoms with Crippen molar-refractivity contribution in [2.24, 2.45) is 0 Å². The van der Waals surface area contributed by atoms with E-state index in [1.54, 1.807) is 36.4 Å². The average molecular weight is 481 g/mol. The number of carbonyl (C=O) groups excluding carboxylic acids is 2. The van der Waals surface area contributed by atoms with Crippen molar-refractivity contribution in [2.75, 3.05) is 13.7 Å². The lowest BCUT2D eigenvalue weighted by Gasteiger charge is -2.32. The molecule has 0 fully saturated rings. The number of amides is 2. The molecule has 32 heavy (non-hydrogen) atoms. The number of nitrogens with zero attached hydrogens (tertiary/aromatic N) is 1. The van der Waals surface area contributed by atoms with Crippen LogP contribution in [0.3, 0.4) is 0 Å². The minimum Gasteiger partial charge on any atom is -0.493 e. The minimum absolute atomic E-state index is 0.0118. The zero-order chi connectivity index (χ0) is 23.7. The fraction of sp³-hybridized carbons (Fsp3) is 0.417. The molecular weight excluding hydrogens is 451 g/mol. The van der Waals surface area contributed by atoms with E-state index in [1.807, 2.05) is 26.8 Å². The number of hydrogen-bond acceptors (Lipinski definition) is 4. The summed E-state index contributed by atoms with van der Waals surface area (Å²) in [6.07, 6.45) is 1.20. The molecule has 0 spiro atoms. The number of hydrogen-bond donors (Lipinski definition) is 1. The van der Waals surface area contributed by atoms with E-state index >= 15 is 0 Å². The Hall–Kier alpha value is -2.44. The molecule has 0 aliphatic rings. The van der Waals surface area contributed by atoms with Crippen LogP contribution in [0.2, 0.25) is 10.0 Å². The van der Waals surface area contributed by atoms with Gasteiger partial charge in [-0.25, -0.2) is 0 Å². The maximum atomic E-state index is 13.3. The molecule has 0 aliphatic carbocycles. The normalized spacial score (nSPS) is 12.6. The molecular formula is C24H30Cl2N2O4. The summed E-state index contributed by atoms with van der Waals surface area (Å²) in [7, 11) is 1.53. The molecule has 0 saturated carbocycles. The molecule has 2 aromatic carbocycles. The molecule has 0 aromatic heterocycles. The van der Waals surface area contributed by atoms with E-state index in [4.69, 9.17) is 32.7 Å². The first kappa shape index (κ1) is 25.8. The topological polar surface area (TPSA) is 67.9 Å². The van der Waals surface area contributed by atoms with Gasteiger partial charge in [-0.1, -0.05) is 55.2 Å². The molecule has 0 bridgehead atoms. The Labute approximate surface area is 199 Å². The first-order chi connectivity index (χ1) is 15.3. The second-order valence-electron chi connectivity index (χ2n) is 7.40. The first-order valence-corrected chi connectivity index (χ1v) is 11.4. The maximum Gasteiger partial charge on any atom is 0.261 e. The SMILES string of the molecule is CCC(C)NC(=O)C(CC)N(Cc1c(Cl)cccc1Cl)C(=O)COc1ccccc1OC. The molecule has 6 nitrogen and oxygen atoms in total. The van der Waals surface area contributed by atoms with Crippen molar-refractivity contribution >= 4 is 35.0 Å². The van der Waals surface area contributed by atoms with Crippen molar-refractivity contribution in [3.05, 3.63) is 58.1 Å². The highest BCUT2D eigenvalue weighted by atomic mass is 35.5. The summed E-state index contributed by atoms with van der Waals surface area (Å²) in [5.74, 6) is 0.368. The van der Waals surface area contributed by atoms with Crippen LogP contribution in [0.5, 0.6) is 11.5 Å². The van der Waals surface area contributed by atoms with Gasteiger partial charge >= 0.3 is 0 Å². The van der Waals surface area contributed by atoms with Crippen LogP contribution >= 0.6 is 23.2 Å². The molecule has 2 amide bonds. The third kappa shape index (κ3) is 6.78. The number of carbonyl (C=O) groups is 2. The number of nitrogens with one attached hydrogen (secondary N) is 1. The summed E-state index contributed by atoms with van der Waals surface area (Å²) >= 11 is 12.7. The maximum absolute atomic E-state index is 13.3. The highest BCUT2D eigenvalue weighted by Gasteiger charge is 2.30. The van der Waals surface area contributed by atoms with Crippen LogP contribution in [-0.2, 0) is 16.1 Å². The molecule has 174 valence electrons. The largest absolute Gasteiger partial charge is 0.493 e. The predicted molar refractivity (Wildman–Crippen MR) is 127 cm³/mol. The van der Waals surface area contributed by atoms with E-state index in [0.29, 0.717) is 33.5 Å². The van der Waals surface area contributed by atoms with Crippen molar-refractivity contribution in [2.45, 2.75) is 52.2 Å². The third-order valence-electron chi connectivity index (χ3n) is 5.20. The Kier molecular flexibility index (Phi) is 10.1. The van der Waals surface area contributed by atoms with Gasteiger partial charge in [0.2, 0.25) is 5.91 Å². The minimum atomic E-state index is -0.704. The summed E-state index contributed by atoms with van der Waals surface area (Å²) in [5, 5.41) is 3.82. The van der Waals surface area contributed by atoms with Crippen LogP contribution in [0, 0.1) is 0 Å². The smallest absolute Gasteiger partial charge is 0.261 e. The van der Waals surface area contributed by atoms with E-state index in [9.17, 15) is 9.59 Å². The van der Waals surface area contributed by atoms with E-state index in [-0.39, 0.29) is 31.0 Å². The predicted octanol–water partition coefficient (Wildman–Crippen LogP) is 5.10. The summed E-state index contributed by atoms with van der Waals surface area (Å²) in [6, 6.07) is 11.5. The lowest BCUT2D eigenvalue weighted by Crippen LogP contribution is -2.51. The van der Waals surface area contributed by atoms with Crippen molar-refractivity contribution in [1.29, 1.82) is 0 Å². The fourth-order valence-corrected chi connectivity index (χ4v) is 3.69. The van der Waals surface area contributed by atoms with E-state index in [2.05, 4.69) is 5.32 Å². The van der Waals surface area contributed by atoms with Crippen LogP contribution in [0.25, 0.3) is 0 Å². The Bertz CT molecular complexity index is 902. The van der Waals surface area contributed by atoms with Crippen molar-refractivity contribution < 1.29 is 19.1 Å². The summed E-state index contributed by atoms with van der Waals surface area (Å²) in [5.41, 5.74) is 0.580. The van der Waals surface area contributed by atoms with Crippen molar-refractivity contribution in [3.63, 3.8) is 0 Å². The van der Waals surface area contributed by atoms with Gasteiger partial charge in [0.1, 0.15) is 6.04 Å². The van der Waals surface area contributed by atoms with E-state index in [0.717, 1.165) is 6.42 Å². The Morgan fingerprint density at radius 2 is 1.62 bits per heavy atom. The van der Waals surface area contributed by atoms with Gasteiger partial charge in [-0.3, -0.25) is 9.59 Å². The molecule has 0 saturated heterocycles. The van der Waals surface area contributed by atoms with Crippen LogP contribution < -0.4 is 14.8 Å². The first-order valence-electron chi connectivity index (χ1n) is 10.6. The van der Waals surface area contributed by atoms with Crippen LogP contribution in [0.1, 0.15) is 39.2 Å². The zero-order valence-electron chi connectivity index (χ0n) is 18.9. The molecule has 2 aromatic rings. The molecule has 8 heteroatoms. The quantitative estimate of drug-likeness (QED) is 0.485. The molecule has 0 radical (unpaired) electrons. The molecule has 0 heterocycles. The van der Waals surface area contributed by atoms with Gasteiger partial charge < -0.3 is 19.7 Å². The van der Waals surface area contributed by atoms with Crippen LogP contribution in [0.15, 0.2) is 42.5 Å². The van der Waals surface area contributed by atoms with Gasteiger partial charge in [-0.15, -0.1) is 0 Å². The Morgan fingerprint density at radius 1 is 1.00 bits per heavy atom. The highest BCUT2D eigenvalue weighted by molar-refractivity contribution is 6.36. The zero-order valence-corrected chi connectivity index (χ0v) is 20.4. The number of rotatable bonds is 11. The highest BCUT2D eigenvalue weighted by Crippen LogP contribution is 2.28. The molecule has 1 N–H and O–H groups in total. The monoisotopic (exact) mass is 480 g/mol. The average Bonchev–Trinajstić information content (AvgIpc) is 2.79. The Balaban J connectivity index is 2.31. The second-order valence-corrected chi connectivity index (χ2v) is 8.22. The summed E-state index contributed by atoms with van der Waals surface area (Å²) in [4.78, 5) is 27.8. The number of methoxy groups -OCH3 is 1. The summed E-state index contributed by atoms with van der Waals surface area (Å²) < 4.78 is 11.0. The molecule has 2 atom stereocenters. The van der Waals surface area contributed by atoms with E-state index in [1.165, 1.54) is 12.0 Å². The van der Waals surface area contributed by atoms with Crippen molar-refractivity contribution in [3.8, 4) is 11.5 Å². The van der Waals surface area contributed by atoms with Crippen molar-refractivity contribution in [1.82, 2.24) is 10.2 Å². The fourth-order valence-electron chi connectivity index (χ4n) is 3.17. The Morgan fingerprint density at radius 3 is 2.19 bits per heavy atom. The van der Waals surface area contributed by atoms with Gasteiger partial charge in [-0.2, -0.15) is 0 Å². The van der Waals surface area contributed by atoms with Gasteiger partial charge in [0, 0.05) is 28.2 Å². The van der Waals surface area contributed by atoms with Gasteiger partial charge in [0.25, 0.3) is 5.91 Å². The lowest BCUT2D eigenvalue weighted by molar-refractivity contribution is -0.143. The van der Waals surface area contributed by atoms with Gasteiger partial charge in [0.05, 0.1) is 7.11 Å². The van der Waals surface area contributed by atoms with Gasteiger partial charge in [0.15, 0.2) is 18.1 Å². The van der Waals surface area contributed by atoms with Crippen LogP contribution in [-0.4, -0.2) is 42.5 Å². The number of para-hydroxylation sites is 2. The number of ether oxygens (including phenoxy) is 2. The third-order valence-corrected chi connectivity index (χ3v) is 5.91. The van der Waals surface area contributed by atoms with Crippen LogP contribution in [0.4, 0.5) is 0 Å².